The number of nitrogens with zero attached hydrogens (tertiary/aromatic N) is 2. The molecule has 0 aromatic carbocycles. The number of nitrogens with two attached hydrogens (primary N) is 1. The highest BCUT2D eigenvalue weighted by atomic mass is 16.7. The standard InChI is InChI=1S/C8H13N3O3/c1-6(12)8(13)14-11-5-10-4-7(11)2-3-9/h4-6,12H,2-3,9H2,1H3. The van der Waals surface area contributed by atoms with E-state index in [2.05, 4.69) is 4.98 Å². The maximum Gasteiger partial charge on any atom is 0.360 e. The number of imidazole rings is 1. The van der Waals surface area contributed by atoms with Crippen molar-refractivity contribution in [2.24, 2.45) is 5.73 Å². The van der Waals surface area contributed by atoms with Gasteiger partial charge in [-0.25, -0.2) is 9.78 Å². The minimum absolute atomic E-state index is 0.442. The lowest BCUT2D eigenvalue weighted by molar-refractivity contribution is -0.153. The molecule has 0 aliphatic carbocycles. The van der Waals surface area contributed by atoms with Crippen LogP contribution in [0.1, 0.15) is 12.6 Å². The van der Waals surface area contributed by atoms with E-state index in [1.165, 1.54) is 18.0 Å². The van der Waals surface area contributed by atoms with Gasteiger partial charge in [0.15, 0.2) is 6.10 Å². The molecule has 78 valence electrons. The van der Waals surface area contributed by atoms with Gasteiger partial charge in [0, 0.05) is 6.42 Å². The average molecular weight is 199 g/mol. The second-order valence-electron chi connectivity index (χ2n) is 2.84. The first-order valence-electron chi connectivity index (χ1n) is 4.26. The Hall–Kier alpha value is -1.40. The van der Waals surface area contributed by atoms with Crippen molar-refractivity contribution in [2.75, 3.05) is 6.54 Å². The summed E-state index contributed by atoms with van der Waals surface area (Å²) in [6.45, 7) is 1.78. The summed E-state index contributed by atoms with van der Waals surface area (Å²) in [6.07, 6.45) is 2.32. The van der Waals surface area contributed by atoms with Crippen molar-refractivity contribution in [3.05, 3.63) is 18.2 Å². The molecule has 0 radical (unpaired) electrons. The normalized spacial score (nSPS) is 12.5. The molecule has 6 heteroatoms. The molecule has 0 bridgehead atoms. The number of hydrogen-bond donors (Lipinski definition) is 2. The van der Waals surface area contributed by atoms with E-state index in [-0.39, 0.29) is 0 Å². The summed E-state index contributed by atoms with van der Waals surface area (Å²) < 4.78 is 1.21. The monoisotopic (exact) mass is 199 g/mol. The molecule has 14 heavy (non-hydrogen) atoms. The van der Waals surface area contributed by atoms with Crippen molar-refractivity contribution in [2.45, 2.75) is 19.4 Å². The minimum Gasteiger partial charge on any atom is -0.382 e. The van der Waals surface area contributed by atoms with Crippen LogP contribution >= 0.6 is 0 Å². The van der Waals surface area contributed by atoms with Crippen LogP contribution in [0.4, 0.5) is 0 Å². The highest BCUT2D eigenvalue weighted by molar-refractivity contribution is 5.74. The summed E-state index contributed by atoms with van der Waals surface area (Å²) in [5.74, 6) is -0.721. The van der Waals surface area contributed by atoms with Gasteiger partial charge in [0.2, 0.25) is 0 Å². The van der Waals surface area contributed by atoms with Gasteiger partial charge in [0.1, 0.15) is 6.33 Å². The van der Waals surface area contributed by atoms with Crippen LogP contribution in [0.15, 0.2) is 12.5 Å². The number of aliphatic hydroxyl groups excluding tert-OH is 1. The quantitative estimate of drug-likeness (QED) is 0.630. The third kappa shape index (κ3) is 2.54. The SMILES string of the molecule is CC(O)C(=O)On1cncc1CCN. The summed E-state index contributed by atoms with van der Waals surface area (Å²) in [5.41, 5.74) is 6.04. The number of aromatic nitrogens is 2. The van der Waals surface area contributed by atoms with E-state index in [1.807, 2.05) is 0 Å². The van der Waals surface area contributed by atoms with Crippen LogP contribution < -0.4 is 10.6 Å². The molecular weight excluding hydrogens is 186 g/mol. The van der Waals surface area contributed by atoms with Gasteiger partial charge in [0.05, 0.1) is 11.9 Å². The zero-order chi connectivity index (χ0) is 10.6. The van der Waals surface area contributed by atoms with Gasteiger partial charge in [-0.2, -0.15) is 4.73 Å². The summed E-state index contributed by atoms with van der Waals surface area (Å²) >= 11 is 0. The zero-order valence-corrected chi connectivity index (χ0v) is 7.88. The average Bonchev–Trinajstić information content (AvgIpc) is 2.53. The van der Waals surface area contributed by atoms with Crippen LogP contribution in [-0.4, -0.2) is 33.4 Å². The third-order valence-corrected chi connectivity index (χ3v) is 1.61. The van der Waals surface area contributed by atoms with Gasteiger partial charge in [-0.1, -0.05) is 0 Å². The van der Waals surface area contributed by atoms with Crippen LogP contribution in [0, 0.1) is 0 Å². The van der Waals surface area contributed by atoms with Crippen molar-refractivity contribution in [3.8, 4) is 0 Å². The Labute approximate surface area is 81.3 Å². The van der Waals surface area contributed by atoms with E-state index < -0.39 is 12.1 Å². The lowest BCUT2D eigenvalue weighted by atomic mass is 10.3. The molecule has 0 amide bonds. The second-order valence-corrected chi connectivity index (χ2v) is 2.84. The molecule has 0 aliphatic heterocycles. The number of hydrogen-bond acceptors (Lipinski definition) is 5. The number of carbonyl (C=O) groups excluding carboxylic acids is 1. The Kier molecular flexibility index (Phi) is 3.61. The lowest BCUT2D eigenvalue weighted by Crippen LogP contribution is -2.29. The topological polar surface area (TPSA) is 90.4 Å². The molecule has 0 saturated heterocycles. The van der Waals surface area contributed by atoms with Crippen LogP contribution in [0.3, 0.4) is 0 Å². The first-order chi connectivity index (χ1) is 6.65. The van der Waals surface area contributed by atoms with Gasteiger partial charge in [-0.3, -0.25) is 0 Å². The van der Waals surface area contributed by atoms with Gasteiger partial charge < -0.3 is 15.7 Å². The molecule has 0 saturated carbocycles. The Morgan fingerprint density at radius 1 is 1.86 bits per heavy atom. The van der Waals surface area contributed by atoms with E-state index in [1.54, 1.807) is 6.20 Å². The molecule has 1 heterocycles. The summed E-state index contributed by atoms with van der Waals surface area (Å²) in [6, 6.07) is 0. The first-order valence-corrected chi connectivity index (χ1v) is 4.26. The Morgan fingerprint density at radius 3 is 3.14 bits per heavy atom. The maximum atomic E-state index is 11.0. The van der Waals surface area contributed by atoms with Crippen LogP contribution in [0.2, 0.25) is 0 Å². The van der Waals surface area contributed by atoms with Crippen molar-refractivity contribution >= 4 is 5.97 Å². The molecule has 1 rings (SSSR count). The van der Waals surface area contributed by atoms with E-state index in [0.717, 1.165) is 0 Å². The van der Waals surface area contributed by atoms with E-state index in [4.69, 9.17) is 15.7 Å². The molecule has 0 aliphatic rings. The molecule has 1 atom stereocenters. The maximum absolute atomic E-state index is 11.0. The highest BCUT2D eigenvalue weighted by Crippen LogP contribution is 1.97. The fourth-order valence-electron chi connectivity index (χ4n) is 0.889. The van der Waals surface area contributed by atoms with Crippen molar-refractivity contribution in [1.29, 1.82) is 0 Å². The summed E-state index contributed by atoms with van der Waals surface area (Å²) in [5, 5.41) is 8.91. The minimum atomic E-state index is -1.15. The Bertz CT molecular complexity index is 309. The van der Waals surface area contributed by atoms with E-state index in [0.29, 0.717) is 18.7 Å². The first kappa shape index (κ1) is 10.7. The van der Waals surface area contributed by atoms with Crippen LogP contribution in [0.5, 0.6) is 0 Å². The second kappa shape index (κ2) is 4.73. The van der Waals surface area contributed by atoms with Crippen LogP contribution in [0.25, 0.3) is 0 Å². The molecular formula is C8H13N3O3. The van der Waals surface area contributed by atoms with Crippen LogP contribution in [-0.2, 0) is 11.2 Å². The molecule has 0 fully saturated rings. The van der Waals surface area contributed by atoms with Crippen molar-refractivity contribution in [3.63, 3.8) is 0 Å². The van der Waals surface area contributed by atoms with Crippen molar-refractivity contribution < 1.29 is 14.7 Å². The smallest absolute Gasteiger partial charge is 0.360 e. The van der Waals surface area contributed by atoms with E-state index >= 15 is 0 Å². The number of aliphatic hydroxyl groups is 1. The third-order valence-electron chi connectivity index (χ3n) is 1.61. The lowest BCUT2D eigenvalue weighted by Gasteiger charge is -2.08. The zero-order valence-electron chi connectivity index (χ0n) is 7.88. The van der Waals surface area contributed by atoms with Gasteiger partial charge in [-0.15, -0.1) is 0 Å². The predicted molar refractivity (Wildman–Crippen MR) is 48.3 cm³/mol. The summed E-state index contributed by atoms with van der Waals surface area (Å²) in [7, 11) is 0. The molecule has 1 aromatic heterocycles. The fourth-order valence-corrected chi connectivity index (χ4v) is 0.889. The Morgan fingerprint density at radius 2 is 2.57 bits per heavy atom. The summed E-state index contributed by atoms with van der Waals surface area (Å²) in [4.78, 5) is 19.6. The van der Waals surface area contributed by atoms with Gasteiger partial charge in [-0.05, 0) is 13.5 Å². The largest absolute Gasteiger partial charge is 0.382 e. The van der Waals surface area contributed by atoms with Gasteiger partial charge >= 0.3 is 5.97 Å². The molecule has 3 N–H and O–H groups in total. The van der Waals surface area contributed by atoms with Gasteiger partial charge in [0.25, 0.3) is 0 Å². The predicted octanol–water partition coefficient (Wildman–Crippen LogP) is -1.28. The Balaban J connectivity index is 2.66. The van der Waals surface area contributed by atoms with Crippen molar-refractivity contribution in [1.82, 2.24) is 9.71 Å². The highest BCUT2D eigenvalue weighted by Gasteiger charge is 2.13. The number of carbonyl (C=O) groups is 1. The molecule has 1 unspecified atom stereocenters. The molecule has 0 spiro atoms. The number of rotatable bonds is 4. The molecule has 1 aromatic rings. The van der Waals surface area contributed by atoms with E-state index in [9.17, 15) is 4.79 Å². The fraction of sp³-hybridized carbons (Fsp3) is 0.500. The molecule has 6 nitrogen and oxygen atoms in total.